The maximum atomic E-state index is 4.91. The minimum absolute atomic E-state index is 0. The molecule has 2 heterocycles. The van der Waals surface area contributed by atoms with Crippen LogP contribution in [0.1, 0.15) is 83.1 Å². The zero-order chi connectivity index (χ0) is 33.4. The summed E-state index contributed by atoms with van der Waals surface area (Å²) >= 11 is 29.5. The quantitative estimate of drug-likeness (QED) is 0.214. The van der Waals surface area contributed by atoms with Crippen LogP contribution >= 0.6 is 36.7 Å². The smallest absolute Gasteiger partial charge is 0.411 e. The molecule has 0 amide bonds. The second-order valence-electron chi connectivity index (χ2n) is 10.6. The van der Waals surface area contributed by atoms with Crippen LogP contribution in [0, 0.1) is 0 Å². The van der Waals surface area contributed by atoms with Gasteiger partial charge >= 0.3 is 25.8 Å². The summed E-state index contributed by atoms with van der Waals surface area (Å²) in [6, 6.07) is 14.0. The third kappa shape index (κ3) is 28.7. The average Bonchev–Trinajstić information content (AvgIpc) is 2.85. The minimum Gasteiger partial charge on any atom is -0.411 e. The van der Waals surface area contributed by atoms with E-state index in [2.05, 4.69) is 93.1 Å². The Balaban J connectivity index is -0.000000223. The van der Waals surface area contributed by atoms with E-state index in [0.717, 1.165) is 0 Å². The van der Waals surface area contributed by atoms with Crippen LogP contribution in [0.2, 0.25) is 0 Å². The maximum Gasteiger partial charge on any atom is 3.00 e. The Labute approximate surface area is 315 Å². The van der Waals surface area contributed by atoms with Gasteiger partial charge in [0, 0.05) is 61.0 Å². The summed E-state index contributed by atoms with van der Waals surface area (Å²) in [6.07, 6.45) is 7.00. The Morgan fingerprint density at radius 2 is 0.581 bits per heavy atom. The van der Waals surface area contributed by atoms with Gasteiger partial charge in [0.25, 0.3) is 0 Å². The van der Waals surface area contributed by atoms with Crippen LogP contribution in [-0.2, 0) is 37.9 Å². The van der Waals surface area contributed by atoms with Gasteiger partial charge in [-0.1, -0.05) is 25.1 Å². The van der Waals surface area contributed by atoms with E-state index < -0.39 is 0 Å². The van der Waals surface area contributed by atoms with Gasteiger partial charge in [-0.05, 0) is 107 Å². The van der Waals surface area contributed by atoms with Gasteiger partial charge in [-0.3, -0.25) is 9.97 Å². The van der Waals surface area contributed by atoms with Crippen LogP contribution in [0.15, 0.2) is 61.2 Å². The molecule has 0 spiro atoms. The molecule has 0 bridgehead atoms. The van der Waals surface area contributed by atoms with Crippen LogP contribution in [-0.4, -0.2) is 99.7 Å². The number of hydrogen-bond donors (Lipinski definition) is 0. The predicted octanol–water partition coefficient (Wildman–Crippen LogP) is 7.59. The molecule has 0 aromatic carbocycles. The second-order valence-corrected chi connectivity index (χ2v) is 13.7. The summed E-state index contributed by atoms with van der Waals surface area (Å²) in [5.74, 6) is 0. The summed E-state index contributed by atoms with van der Waals surface area (Å²) in [4.78, 5) is 13.7. The van der Waals surface area contributed by atoms with Crippen molar-refractivity contribution in [2.45, 2.75) is 119 Å². The number of hydrogen-bond acceptors (Lipinski definition) is 8. The van der Waals surface area contributed by atoms with E-state index >= 15 is 0 Å². The molecular weight excluding hydrogens is 750 g/mol. The first-order valence-electron chi connectivity index (χ1n) is 14.1. The summed E-state index contributed by atoms with van der Waals surface area (Å²) < 4.78 is 1.72. The molecule has 43 heavy (non-hydrogen) atoms. The molecule has 0 saturated carbocycles. The minimum atomic E-state index is 0. The van der Waals surface area contributed by atoms with E-state index in [-0.39, 0.29) is 25.8 Å². The largest absolute Gasteiger partial charge is 3.00 e. The van der Waals surface area contributed by atoms with E-state index in [1.165, 1.54) is 0 Å². The monoisotopic (exact) mass is 801 g/mol. The molecule has 0 radical (unpaired) electrons. The summed E-state index contributed by atoms with van der Waals surface area (Å²) in [5, 5.41) is 0. The van der Waals surface area contributed by atoms with Crippen molar-refractivity contribution >= 4 is 113 Å². The fourth-order valence-corrected chi connectivity index (χ4v) is 6.21. The molecular formula is C31H52InN5S6. The number of rotatable bonds is 6. The number of thiocarbonyl (C=S) groups is 3. The Kier molecular flexibility index (Phi) is 34.6. The Morgan fingerprint density at radius 1 is 0.419 bits per heavy atom. The molecule has 0 N–H and O–H groups in total. The van der Waals surface area contributed by atoms with E-state index in [9.17, 15) is 0 Å². The van der Waals surface area contributed by atoms with Gasteiger partial charge in [-0.15, -0.1) is 0 Å². The zero-order valence-electron chi connectivity index (χ0n) is 28.0. The molecule has 0 atom stereocenters. The molecule has 0 aliphatic rings. The Morgan fingerprint density at radius 3 is 0.605 bits per heavy atom. The van der Waals surface area contributed by atoms with Gasteiger partial charge in [0.1, 0.15) is 0 Å². The number of aromatic nitrogens is 2. The first-order chi connectivity index (χ1) is 19.4. The summed E-state index contributed by atoms with van der Waals surface area (Å²) in [5.41, 5.74) is 0. The number of nitrogens with zero attached hydrogens (tertiary/aromatic N) is 5. The molecule has 5 nitrogen and oxygen atoms in total. The first kappa shape index (κ1) is 49.4. The number of pyridine rings is 2. The summed E-state index contributed by atoms with van der Waals surface area (Å²) in [7, 11) is 0. The van der Waals surface area contributed by atoms with Gasteiger partial charge in [0.15, 0.2) is 0 Å². The van der Waals surface area contributed by atoms with Crippen molar-refractivity contribution < 1.29 is 0 Å². The zero-order valence-corrected chi connectivity index (χ0v) is 36.2. The van der Waals surface area contributed by atoms with Crippen LogP contribution < -0.4 is 0 Å². The van der Waals surface area contributed by atoms with Crippen molar-refractivity contribution in [2.24, 2.45) is 0 Å². The van der Waals surface area contributed by atoms with Crippen LogP contribution in [0.25, 0.3) is 0 Å². The Bertz CT molecular complexity index is 753. The standard InChI is InChI=1S/3C7H15NS2.2C5H5N.In/c3*1-5(2)8(6(3)4)7(9)10;2*1-2-4-6-5-3-1;/h3*5-6H,1-4H3,(H,9,10);2*1-5H;/q;;;;;+3/p-3. The molecule has 240 valence electrons. The first-order valence-corrected chi connectivity index (χ1v) is 16.5. The average molecular weight is 802 g/mol. The van der Waals surface area contributed by atoms with Crippen molar-refractivity contribution in [3.05, 3.63) is 61.2 Å². The predicted molar refractivity (Wildman–Crippen MR) is 210 cm³/mol. The fraction of sp³-hybridized carbons (Fsp3) is 0.581. The second kappa shape index (κ2) is 30.2. The van der Waals surface area contributed by atoms with Crippen molar-refractivity contribution in [3.63, 3.8) is 0 Å². The van der Waals surface area contributed by atoms with Crippen molar-refractivity contribution in [2.75, 3.05) is 0 Å². The van der Waals surface area contributed by atoms with Crippen molar-refractivity contribution in [3.8, 4) is 0 Å². The van der Waals surface area contributed by atoms with E-state index in [1.54, 1.807) is 24.8 Å². The third-order valence-corrected chi connectivity index (χ3v) is 6.37. The van der Waals surface area contributed by atoms with Gasteiger partial charge in [-0.2, -0.15) is 0 Å². The molecule has 2 rings (SSSR count). The molecule has 2 aromatic heterocycles. The van der Waals surface area contributed by atoms with Crippen LogP contribution in [0.4, 0.5) is 0 Å². The van der Waals surface area contributed by atoms with Gasteiger partial charge in [0.2, 0.25) is 0 Å². The van der Waals surface area contributed by atoms with Crippen LogP contribution in [0.5, 0.6) is 0 Å². The van der Waals surface area contributed by atoms with Gasteiger partial charge in [-0.25, -0.2) is 0 Å². The molecule has 0 fully saturated rings. The van der Waals surface area contributed by atoms with Crippen LogP contribution in [0.3, 0.4) is 0 Å². The molecule has 0 saturated heterocycles. The van der Waals surface area contributed by atoms with Gasteiger partial charge in [0.05, 0.1) is 0 Å². The van der Waals surface area contributed by atoms with Crippen molar-refractivity contribution in [1.82, 2.24) is 24.7 Å². The SMILES string of the molecule is CC(C)N(C(=S)[S-])C(C)C.CC(C)N(C(=S)[S-])C(C)C.CC(C)N(C(=S)[S-])C(C)C.[In+3].c1ccncc1.c1ccncc1. The van der Waals surface area contributed by atoms with E-state index in [0.29, 0.717) is 49.2 Å². The van der Waals surface area contributed by atoms with Gasteiger partial charge < -0.3 is 89.2 Å². The molecule has 0 aliphatic carbocycles. The van der Waals surface area contributed by atoms with E-state index in [4.69, 9.17) is 74.5 Å². The Hall–Kier alpha value is -0.500. The molecule has 2 aromatic rings. The van der Waals surface area contributed by atoms with Crippen molar-refractivity contribution in [1.29, 1.82) is 0 Å². The topological polar surface area (TPSA) is 35.5 Å². The maximum absolute atomic E-state index is 4.91. The normalized spacial score (nSPS) is 9.63. The molecule has 12 heteroatoms. The van der Waals surface area contributed by atoms with E-state index in [1.807, 2.05) is 51.1 Å². The molecule has 0 unspecified atom stereocenters. The molecule has 0 aliphatic heterocycles. The third-order valence-electron chi connectivity index (χ3n) is 5.10. The summed E-state index contributed by atoms with van der Waals surface area (Å²) in [6.45, 7) is 25.1. The fourth-order valence-electron chi connectivity index (χ4n) is 3.68.